The molecule has 0 unspecified atom stereocenters. The number of hydrogen-bond acceptors (Lipinski definition) is 7. The number of rotatable bonds is 8. The van der Waals surface area contributed by atoms with Crippen molar-refractivity contribution in [3.8, 4) is 0 Å². The number of carbonyl (C=O) groups is 2. The molecule has 2 N–H and O–H groups in total. The molecule has 32 heavy (non-hydrogen) atoms. The maximum atomic E-state index is 12.4. The van der Waals surface area contributed by atoms with Gasteiger partial charge in [-0.1, -0.05) is 36.0 Å². The van der Waals surface area contributed by atoms with Gasteiger partial charge in [-0.2, -0.15) is 0 Å². The summed E-state index contributed by atoms with van der Waals surface area (Å²) < 4.78 is 1.70. The van der Waals surface area contributed by atoms with Gasteiger partial charge in [-0.3, -0.25) is 19.7 Å². The average Bonchev–Trinajstić information content (AvgIpc) is 3.11. The minimum atomic E-state index is -0.487. The van der Waals surface area contributed by atoms with Gasteiger partial charge in [0.15, 0.2) is 11.0 Å². The van der Waals surface area contributed by atoms with Crippen LogP contribution in [0.1, 0.15) is 27.3 Å². The number of nitro benzene ring substituents is 1. The lowest BCUT2D eigenvalue weighted by Gasteiger charge is -2.08. The predicted molar refractivity (Wildman–Crippen MR) is 121 cm³/mol. The van der Waals surface area contributed by atoms with Gasteiger partial charge in [-0.15, -0.1) is 10.2 Å². The third-order valence-electron chi connectivity index (χ3n) is 4.74. The van der Waals surface area contributed by atoms with Gasteiger partial charge in [0.05, 0.1) is 17.2 Å². The van der Waals surface area contributed by atoms with E-state index >= 15 is 0 Å². The van der Waals surface area contributed by atoms with E-state index in [0.29, 0.717) is 27.8 Å². The predicted octanol–water partition coefficient (Wildman–Crippen LogP) is 3.00. The molecule has 3 rings (SSSR count). The molecule has 0 saturated carbocycles. The zero-order valence-electron chi connectivity index (χ0n) is 17.8. The Morgan fingerprint density at radius 3 is 2.59 bits per heavy atom. The second-order valence-corrected chi connectivity index (χ2v) is 7.99. The van der Waals surface area contributed by atoms with Gasteiger partial charge in [0.25, 0.3) is 11.6 Å². The Labute approximate surface area is 188 Å². The summed E-state index contributed by atoms with van der Waals surface area (Å²) in [6.45, 7) is 3.69. The molecule has 0 radical (unpaired) electrons. The Morgan fingerprint density at radius 1 is 1.12 bits per heavy atom. The molecule has 0 spiro atoms. The van der Waals surface area contributed by atoms with Gasteiger partial charge in [-0.25, -0.2) is 0 Å². The Balaban J connectivity index is 1.55. The second kappa shape index (κ2) is 10.1. The summed E-state index contributed by atoms with van der Waals surface area (Å²) in [7, 11) is 1.75. The third-order valence-corrected chi connectivity index (χ3v) is 5.76. The first kappa shape index (κ1) is 22.9. The molecule has 11 heteroatoms. The monoisotopic (exact) mass is 454 g/mol. The van der Waals surface area contributed by atoms with Crippen molar-refractivity contribution in [1.29, 1.82) is 0 Å². The van der Waals surface area contributed by atoms with E-state index in [2.05, 4.69) is 20.8 Å². The summed E-state index contributed by atoms with van der Waals surface area (Å²) in [5.41, 5.74) is 2.29. The minimum absolute atomic E-state index is 0.0449. The number of anilines is 1. The standard InChI is InChI=1S/C21H22N6O4S/c1-13-6-4-5-7-16(13)20(29)22-11-18-24-25-21(26(18)3)32-12-19(28)23-15-9-8-14(2)17(10-15)27(30)31/h4-10H,11-12H2,1-3H3,(H,22,29)(H,23,28). The number of aromatic nitrogens is 3. The molecular weight excluding hydrogens is 432 g/mol. The second-order valence-electron chi connectivity index (χ2n) is 7.05. The smallest absolute Gasteiger partial charge is 0.274 e. The fourth-order valence-corrected chi connectivity index (χ4v) is 3.65. The first-order valence-corrected chi connectivity index (χ1v) is 10.6. The molecule has 0 bridgehead atoms. The van der Waals surface area contributed by atoms with Crippen molar-refractivity contribution in [2.24, 2.45) is 7.05 Å². The van der Waals surface area contributed by atoms with Crippen LogP contribution < -0.4 is 10.6 Å². The van der Waals surface area contributed by atoms with Crippen molar-refractivity contribution in [2.45, 2.75) is 25.5 Å². The van der Waals surface area contributed by atoms with Crippen LogP contribution in [0.5, 0.6) is 0 Å². The SMILES string of the molecule is Cc1ccccc1C(=O)NCc1nnc(SCC(=O)Nc2ccc(C)c([N+](=O)[O-])c2)n1C. The van der Waals surface area contributed by atoms with Crippen LogP contribution in [-0.2, 0) is 18.4 Å². The van der Waals surface area contributed by atoms with Crippen molar-refractivity contribution in [1.82, 2.24) is 20.1 Å². The van der Waals surface area contributed by atoms with E-state index in [0.717, 1.165) is 5.56 Å². The van der Waals surface area contributed by atoms with Crippen molar-refractivity contribution in [2.75, 3.05) is 11.1 Å². The minimum Gasteiger partial charge on any atom is -0.345 e. The molecule has 0 fully saturated rings. The first-order chi connectivity index (χ1) is 15.3. The van der Waals surface area contributed by atoms with E-state index in [1.807, 2.05) is 19.1 Å². The number of thioether (sulfide) groups is 1. The van der Waals surface area contributed by atoms with Gasteiger partial charge >= 0.3 is 0 Å². The number of aryl methyl sites for hydroxylation is 2. The Morgan fingerprint density at radius 2 is 1.88 bits per heavy atom. The van der Waals surface area contributed by atoms with Crippen LogP contribution in [0.2, 0.25) is 0 Å². The molecule has 1 aromatic heterocycles. The first-order valence-electron chi connectivity index (χ1n) is 9.66. The van der Waals surface area contributed by atoms with Crippen LogP contribution >= 0.6 is 11.8 Å². The number of carbonyl (C=O) groups excluding carboxylic acids is 2. The van der Waals surface area contributed by atoms with Crippen LogP contribution in [-0.4, -0.2) is 37.3 Å². The van der Waals surface area contributed by atoms with Crippen molar-refractivity contribution < 1.29 is 14.5 Å². The number of benzene rings is 2. The lowest BCUT2D eigenvalue weighted by molar-refractivity contribution is -0.385. The van der Waals surface area contributed by atoms with Crippen LogP contribution in [0.25, 0.3) is 0 Å². The molecule has 0 saturated heterocycles. The van der Waals surface area contributed by atoms with Gasteiger partial charge in [0.1, 0.15) is 0 Å². The summed E-state index contributed by atoms with van der Waals surface area (Å²) in [4.78, 5) is 35.2. The largest absolute Gasteiger partial charge is 0.345 e. The lowest BCUT2D eigenvalue weighted by atomic mass is 10.1. The average molecular weight is 455 g/mol. The van der Waals surface area contributed by atoms with E-state index in [4.69, 9.17) is 0 Å². The van der Waals surface area contributed by atoms with Gasteiger partial charge < -0.3 is 15.2 Å². The highest BCUT2D eigenvalue weighted by atomic mass is 32.2. The molecule has 0 aliphatic carbocycles. The molecule has 3 aromatic rings. The van der Waals surface area contributed by atoms with Crippen LogP contribution in [0.3, 0.4) is 0 Å². The van der Waals surface area contributed by atoms with Crippen LogP contribution in [0.15, 0.2) is 47.6 Å². The highest BCUT2D eigenvalue weighted by Gasteiger charge is 2.15. The summed E-state index contributed by atoms with van der Waals surface area (Å²) in [5, 5.41) is 25.2. The van der Waals surface area contributed by atoms with Gasteiger partial charge in [0.2, 0.25) is 5.91 Å². The normalized spacial score (nSPS) is 10.6. The van der Waals surface area contributed by atoms with Crippen molar-refractivity contribution in [3.05, 3.63) is 75.1 Å². The quantitative estimate of drug-likeness (QED) is 0.304. The van der Waals surface area contributed by atoms with Gasteiger partial charge in [-0.05, 0) is 31.5 Å². The number of hydrogen-bond donors (Lipinski definition) is 2. The number of nitro groups is 1. The van der Waals surface area contributed by atoms with Crippen molar-refractivity contribution >= 4 is 35.0 Å². The summed E-state index contributed by atoms with van der Waals surface area (Å²) >= 11 is 1.17. The van der Waals surface area contributed by atoms with Crippen LogP contribution in [0.4, 0.5) is 11.4 Å². The number of nitrogens with zero attached hydrogens (tertiary/aromatic N) is 4. The van der Waals surface area contributed by atoms with Crippen LogP contribution in [0, 0.1) is 24.0 Å². The summed E-state index contributed by atoms with van der Waals surface area (Å²) in [5.74, 6) is 0.0601. The molecule has 0 atom stereocenters. The zero-order chi connectivity index (χ0) is 23.3. The topological polar surface area (TPSA) is 132 Å². The van der Waals surface area contributed by atoms with E-state index in [1.165, 1.54) is 17.8 Å². The summed E-state index contributed by atoms with van der Waals surface area (Å²) in [6.07, 6.45) is 0. The van der Waals surface area contributed by atoms with E-state index in [-0.39, 0.29) is 29.8 Å². The Kier molecular flexibility index (Phi) is 7.21. The lowest BCUT2D eigenvalue weighted by Crippen LogP contribution is -2.25. The van der Waals surface area contributed by atoms with E-state index < -0.39 is 4.92 Å². The molecular formula is C21H22N6O4S. The number of nitrogens with one attached hydrogen (secondary N) is 2. The Hall–Kier alpha value is -3.73. The maximum absolute atomic E-state index is 12.4. The molecule has 0 aliphatic rings. The summed E-state index contributed by atoms with van der Waals surface area (Å²) in [6, 6.07) is 11.8. The molecule has 1 heterocycles. The molecule has 0 aliphatic heterocycles. The maximum Gasteiger partial charge on any atom is 0.274 e. The zero-order valence-corrected chi connectivity index (χ0v) is 18.6. The highest BCUT2D eigenvalue weighted by Crippen LogP contribution is 2.23. The Bertz CT molecular complexity index is 1180. The van der Waals surface area contributed by atoms with E-state index in [1.54, 1.807) is 42.8 Å². The van der Waals surface area contributed by atoms with Gasteiger partial charge in [0, 0.05) is 29.9 Å². The fourth-order valence-electron chi connectivity index (χ4n) is 2.92. The molecule has 10 nitrogen and oxygen atoms in total. The molecule has 166 valence electrons. The van der Waals surface area contributed by atoms with Crippen molar-refractivity contribution in [3.63, 3.8) is 0 Å². The third kappa shape index (κ3) is 5.49. The molecule has 2 amide bonds. The number of amides is 2. The highest BCUT2D eigenvalue weighted by molar-refractivity contribution is 7.99. The fraction of sp³-hybridized carbons (Fsp3) is 0.238. The van der Waals surface area contributed by atoms with E-state index in [9.17, 15) is 19.7 Å². The molecule has 2 aromatic carbocycles.